The molecule has 0 radical (unpaired) electrons. The highest BCUT2D eigenvalue weighted by molar-refractivity contribution is 7.89. The molecule has 26 heavy (non-hydrogen) atoms. The summed E-state index contributed by atoms with van der Waals surface area (Å²) in [5, 5.41) is 0. The van der Waals surface area contributed by atoms with Crippen LogP contribution in [0.2, 0.25) is 0 Å². The lowest BCUT2D eigenvalue weighted by molar-refractivity contribution is 0.578. The number of nitrogens with one attached hydrogen (secondary N) is 1. The van der Waals surface area contributed by atoms with Gasteiger partial charge < -0.3 is 4.90 Å². The second-order valence-electron chi connectivity index (χ2n) is 6.91. The Balaban J connectivity index is 1.37. The van der Waals surface area contributed by atoms with Gasteiger partial charge in [0.15, 0.2) is 0 Å². The van der Waals surface area contributed by atoms with Crippen molar-refractivity contribution in [1.29, 1.82) is 0 Å². The molecule has 0 bridgehead atoms. The van der Waals surface area contributed by atoms with Gasteiger partial charge in [-0.3, -0.25) is 0 Å². The molecular formula is C21H28N2O2S. The highest BCUT2D eigenvalue weighted by Crippen LogP contribution is 2.20. The van der Waals surface area contributed by atoms with Crippen LogP contribution in [0.3, 0.4) is 0 Å². The van der Waals surface area contributed by atoms with E-state index in [0.29, 0.717) is 13.0 Å². The van der Waals surface area contributed by atoms with Crippen molar-refractivity contribution in [2.24, 2.45) is 0 Å². The SMILES string of the molecule is O=S(=O)(CCc1ccccc1)NCCCc1ccc(N2CCCC2)cc1. The van der Waals surface area contributed by atoms with E-state index in [1.54, 1.807) is 0 Å². The van der Waals surface area contributed by atoms with Gasteiger partial charge in [-0.05, 0) is 55.4 Å². The Morgan fingerprint density at radius 2 is 1.50 bits per heavy atom. The van der Waals surface area contributed by atoms with Crippen molar-refractivity contribution in [3.05, 3.63) is 65.7 Å². The van der Waals surface area contributed by atoms with Crippen molar-refractivity contribution in [3.63, 3.8) is 0 Å². The lowest BCUT2D eigenvalue weighted by atomic mass is 10.1. The summed E-state index contributed by atoms with van der Waals surface area (Å²) < 4.78 is 26.9. The predicted octanol–water partition coefficient (Wildman–Crippen LogP) is 3.38. The average molecular weight is 373 g/mol. The van der Waals surface area contributed by atoms with Gasteiger partial charge in [0.2, 0.25) is 10.0 Å². The summed E-state index contributed by atoms with van der Waals surface area (Å²) in [5.74, 6) is 0.140. The molecule has 0 atom stereocenters. The van der Waals surface area contributed by atoms with Crippen molar-refractivity contribution < 1.29 is 8.42 Å². The summed E-state index contributed by atoms with van der Waals surface area (Å²) >= 11 is 0. The van der Waals surface area contributed by atoms with E-state index in [4.69, 9.17) is 0 Å². The summed E-state index contributed by atoms with van der Waals surface area (Å²) in [6, 6.07) is 18.4. The van der Waals surface area contributed by atoms with Crippen molar-refractivity contribution in [3.8, 4) is 0 Å². The molecule has 2 aromatic rings. The van der Waals surface area contributed by atoms with Crippen LogP contribution >= 0.6 is 0 Å². The molecule has 0 amide bonds. The van der Waals surface area contributed by atoms with Crippen LogP contribution in [0.4, 0.5) is 5.69 Å². The Bertz CT molecular complexity index is 767. The van der Waals surface area contributed by atoms with Gasteiger partial charge in [-0.15, -0.1) is 0 Å². The van der Waals surface area contributed by atoms with Gasteiger partial charge in [0.05, 0.1) is 5.75 Å². The fourth-order valence-electron chi connectivity index (χ4n) is 3.34. The van der Waals surface area contributed by atoms with Crippen LogP contribution < -0.4 is 9.62 Å². The van der Waals surface area contributed by atoms with Crippen molar-refractivity contribution >= 4 is 15.7 Å². The summed E-state index contributed by atoms with van der Waals surface area (Å²) in [4.78, 5) is 2.42. The highest BCUT2D eigenvalue weighted by atomic mass is 32.2. The molecule has 1 heterocycles. The van der Waals surface area contributed by atoms with E-state index in [9.17, 15) is 8.42 Å². The molecule has 1 N–H and O–H groups in total. The number of anilines is 1. The molecule has 0 aliphatic carbocycles. The second kappa shape index (κ2) is 9.19. The van der Waals surface area contributed by atoms with E-state index in [0.717, 1.165) is 31.5 Å². The molecule has 0 aromatic heterocycles. The van der Waals surface area contributed by atoms with Gasteiger partial charge in [-0.25, -0.2) is 13.1 Å². The first kappa shape index (κ1) is 18.9. The minimum atomic E-state index is -3.21. The number of rotatable bonds is 9. The normalized spacial score (nSPS) is 14.7. The molecule has 3 rings (SSSR count). The fourth-order valence-corrected chi connectivity index (χ4v) is 4.44. The van der Waals surface area contributed by atoms with E-state index < -0.39 is 10.0 Å². The fraction of sp³-hybridized carbons (Fsp3) is 0.429. The van der Waals surface area contributed by atoms with Crippen LogP contribution in [0, 0.1) is 0 Å². The van der Waals surface area contributed by atoms with Crippen LogP contribution in [-0.2, 0) is 22.9 Å². The Morgan fingerprint density at radius 1 is 0.846 bits per heavy atom. The molecule has 5 heteroatoms. The maximum atomic E-state index is 12.1. The van der Waals surface area contributed by atoms with Crippen molar-refractivity contribution in [2.45, 2.75) is 32.1 Å². The monoisotopic (exact) mass is 372 g/mol. The van der Waals surface area contributed by atoms with Gasteiger partial charge in [-0.2, -0.15) is 0 Å². The van der Waals surface area contributed by atoms with Gasteiger partial charge >= 0.3 is 0 Å². The zero-order chi connectivity index (χ0) is 18.2. The third kappa shape index (κ3) is 5.85. The minimum Gasteiger partial charge on any atom is -0.372 e. The van der Waals surface area contributed by atoms with Crippen LogP contribution in [0.5, 0.6) is 0 Å². The third-order valence-electron chi connectivity index (χ3n) is 4.87. The summed E-state index contributed by atoms with van der Waals surface area (Å²) in [5.41, 5.74) is 3.61. The van der Waals surface area contributed by atoms with Gasteiger partial charge in [0.1, 0.15) is 0 Å². The van der Waals surface area contributed by atoms with Crippen molar-refractivity contribution in [2.75, 3.05) is 30.3 Å². The summed E-state index contributed by atoms with van der Waals surface area (Å²) in [6.45, 7) is 2.80. The van der Waals surface area contributed by atoms with Crippen LogP contribution in [-0.4, -0.2) is 33.8 Å². The molecule has 1 fully saturated rings. The molecule has 0 spiro atoms. The standard InChI is InChI=1S/C21H28N2O2S/c24-26(25,18-14-19-7-2-1-3-8-19)22-15-6-9-20-10-12-21(13-11-20)23-16-4-5-17-23/h1-3,7-8,10-13,22H,4-6,9,14-18H2. The molecule has 1 saturated heterocycles. The lowest BCUT2D eigenvalue weighted by Gasteiger charge is -2.17. The molecule has 0 unspecified atom stereocenters. The van der Waals surface area contributed by atoms with Crippen LogP contribution in [0.25, 0.3) is 0 Å². The van der Waals surface area contributed by atoms with E-state index in [1.165, 1.54) is 24.1 Å². The average Bonchev–Trinajstić information content (AvgIpc) is 3.20. The zero-order valence-corrected chi connectivity index (χ0v) is 16.0. The number of benzene rings is 2. The molecule has 1 aliphatic heterocycles. The largest absolute Gasteiger partial charge is 0.372 e. The predicted molar refractivity (Wildman–Crippen MR) is 108 cm³/mol. The Labute approximate surface area is 157 Å². The van der Waals surface area contributed by atoms with Gasteiger partial charge in [0, 0.05) is 25.3 Å². The number of aryl methyl sites for hydroxylation is 2. The molecule has 4 nitrogen and oxygen atoms in total. The first-order valence-corrected chi connectivity index (χ1v) is 11.1. The Morgan fingerprint density at radius 3 is 2.19 bits per heavy atom. The maximum absolute atomic E-state index is 12.1. The molecule has 0 saturated carbocycles. The first-order chi connectivity index (χ1) is 12.6. The second-order valence-corrected chi connectivity index (χ2v) is 8.84. The van der Waals surface area contributed by atoms with E-state index in [2.05, 4.69) is 33.9 Å². The van der Waals surface area contributed by atoms with Gasteiger partial charge in [-0.1, -0.05) is 42.5 Å². The topological polar surface area (TPSA) is 49.4 Å². The number of nitrogens with zero attached hydrogens (tertiary/aromatic N) is 1. The highest BCUT2D eigenvalue weighted by Gasteiger charge is 2.12. The van der Waals surface area contributed by atoms with E-state index >= 15 is 0 Å². The number of sulfonamides is 1. The Kier molecular flexibility index (Phi) is 6.69. The number of hydrogen-bond donors (Lipinski definition) is 1. The summed E-state index contributed by atoms with van der Waals surface area (Å²) in [7, 11) is -3.21. The summed E-state index contributed by atoms with van der Waals surface area (Å²) in [6.07, 6.45) is 4.82. The maximum Gasteiger partial charge on any atom is 0.211 e. The molecule has 2 aromatic carbocycles. The zero-order valence-electron chi connectivity index (χ0n) is 15.2. The third-order valence-corrected chi connectivity index (χ3v) is 6.26. The molecule has 140 valence electrons. The van der Waals surface area contributed by atoms with Crippen LogP contribution in [0.1, 0.15) is 30.4 Å². The van der Waals surface area contributed by atoms with Crippen LogP contribution in [0.15, 0.2) is 54.6 Å². The lowest BCUT2D eigenvalue weighted by Crippen LogP contribution is -2.28. The minimum absolute atomic E-state index is 0.140. The van der Waals surface area contributed by atoms with Gasteiger partial charge in [0.25, 0.3) is 0 Å². The molecule has 1 aliphatic rings. The van der Waals surface area contributed by atoms with E-state index in [1.807, 2.05) is 30.3 Å². The molecular weight excluding hydrogens is 344 g/mol. The Hall–Kier alpha value is -1.85. The number of hydrogen-bond acceptors (Lipinski definition) is 3. The van der Waals surface area contributed by atoms with E-state index in [-0.39, 0.29) is 5.75 Å². The quantitative estimate of drug-likeness (QED) is 0.687. The smallest absolute Gasteiger partial charge is 0.211 e. The first-order valence-electron chi connectivity index (χ1n) is 9.47. The van der Waals surface area contributed by atoms with Crippen molar-refractivity contribution in [1.82, 2.24) is 4.72 Å².